The predicted octanol–water partition coefficient (Wildman–Crippen LogP) is 1.94. The van der Waals surface area contributed by atoms with E-state index in [0.717, 1.165) is 16.7 Å². The van der Waals surface area contributed by atoms with Crippen LogP contribution in [0.25, 0.3) is 0 Å². The number of amides is 2. The van der Waals surface area contributed by atoms with Crippen molar-refractivity contribution >= 4 is 21.8 Å². The number of carbonyl (C=O) groups excluding carboxylic acids is 2. The smallest absolute Gasteiger partial charge is 0.254 e. The first-order valence-corrected chi connectivity index (χ1v) is 10.6. The molecule has 8 heteroatoms. The topological polar surface area (TPSA) is 86.8 Å². The molecule has 0 saturated heterocycles. The van der Waals surface area contributed by atoms with Gasteiger partial charge in [-0.25, -0.2) is 13.1 Å². The first-order chi connectivity index (χ1) is 13.5. The van der Waals surface area contributed by atoms with Crippen LogP contribution >= 0.6 is 0 Å². The van der Waals surface area contributed by atoms with Crippen molar-refractivity contribution in [3.8, 4) is 0 Å². The van der Waals surface area contributed by atoms with Gasteiger partial charge in [0.25, 0.3) is 5.91 Å². The number of nitrogens with zero attached hydrogens (tertiary/aromatic N) is 2. The maximum atomic E-state index is 12.5. The van der Waals surface area contributed by atoms with Gasteiger partial charge < -0.3 is 9.80 Å². The number of nitrogens with one attached hydrogen (secondary N) is 1. The van der Waals surface area contributed by atoms with E-state index in [0.29, 0.717) is 5.56 Å². The highest BCUT2D eigenvalue weighted by molar-refractivity contribution is 7.89. The molecule has 0 fully saturated rings. The molecule has 29 heavy (non-hydrogen) atoms. The van der Waals surface area contributed by atoms with E-state index in [2.05, 4.69) is 4.72 Å². The number of hydrogen-bond donors (Lipinski definition) is 1. The molecule has 0 unspecified atom stereocenters. The predicted molar refractivity (Wildman–Crippen MR) is 112 cm³/mol. The fourth-order valence-electron chi connectivity index (χ4n) is 2.54. The molecule has 2 aromatic carbocycles. The fraction of sp³-hybridized carbons (Fsp3) is 0.333. The van der Waals surface area contributed by atoms with E-state index in [1.165, 1.54) is 9.80 Å². The lowest BCUT2D eigenvalue weighted by molar-refractivity contribution is -0.129. The molecule has 0 atom stereocenters. The summed E-state index contributed by atoms with van der Waals surface area (Å²) in [5, 5.41) is 0. The summed E-state index contributed by atoms with van der Waals surface area (Å²) in [5.74, 6) is -0.444. The minimum Gasteiger partial charge on any atom is -0.347 e. The number of rotatable bonds is 7. The van der Waals surface area contributed by atoms with Gasteiger partial charge in [-0.2, -0.15) is 0 Å². The average Bonchev–Trinajstić information content (AvgIpc) is 2.68. The van der Waals surface area contributed by atoms with Crippen LogP contribution in [0.2, 0.25) is 0 Å². The van der Waals surface area contributed by atoms with E-state index < -0.39 is 10.0 Å². The molecule has 0 bridgehead atoms. The van der Waals surface area contributed by atoms with Gasteiger partial charge in [0.1, 0.15) is 0 Å². The number of sulfonamides is 1. The zero-order valence-electron chi connectivity index (χ0n) is 17.4. The third-order valence-electron chi connectivity index (χ3n) is 4.67. The molecule has 0 spiro atoms. The van der Waals surface area contributed by atoms with E-state index in [-0.39, 0.29) is 29.8 Å². The zero-order valence-corrected chi connectivity index (χ0v) is 18.2. The van der Waals surface area contributed by atoms with Crippen molar-refractivity contribution in [3.63, 3.8) is 0 Å². The number of aryl methyl sites for hydroxylation is 2. The van der Waals surface area contributed by atoms with Gasteiger partial charge in [0.2, 0.25) is 15.9 Å². The number of likely N-dealkylation sites (N-methyl/N-ethyl adjacent to an activating group) is 2. The lowest BCUT2D eigenvalue weighted by Crippen LogP contribution is -2.37. The molecule has 0 radical (unpaired) electrons. The maximum Gasteiger partial charge on any atom is 0.254 e. The van der Waals surface area contributed by atoms with Crippen molar-refractivity contribution < 1.29 is 18.0 Å². The van der Waals surface area contributed by atoms with Gasteiger partial charge in [0.05, 0.1) is 11.4 Å². The van der Waals surface area contributed by atoms with E-state index in [4.69, 9.17) is 0 Å². The third-order valence-corrected chi connectivity index (χ3v) is 6.07. The molecule has 2 amide bonds. The van der Waals surface area contributed by atoms with Crippen LogP contribution in [-0.2, 0) is 21.4 Å². The van der Waals surface area contributed by atoms with Crippen LogP contribution in [0.1, 0.15) is 27.0 Å². The summed E-state index contributed by atoms with van der Waals surface area (Å²) in [6.45, 7) is 3.89. The molecule has 156 valence electrons. The Bertz CT molecular complexity index is 999. The third kappa shape index (κ3) is 5.88. The van der Waals surface area contributed by atoms with Gasteiger partial charge in [0, 0.05) is 33.3 Å². The van der Waals surface area contributed by atoms with Crippen LogP contribution < -0.4 is 4.72 Å². The summed E-state index contributed by atoms with van der Waals surface area (Å²) < 4.78 is 27.5. The summed E-state index contributed by atoms with van der Waals surface area (Å²) in [4.78, 5) is 27.2. The van der Waals surface area contributed by atoms with Crippen molar-refractivity contribution in [3.05, 3.63) is 64.7 Å². The second-order valence-corrected chi connectivity index (χ2v) is 8.98. The first-order valence-electron chi connectivity index (χ1n) is 9.12. The normalized spacial score (nSPS) is 11.2. The standard InChI is InChI=1S/C21H27N3O4S/c1-15-6-11-19(12-16(15)2)29(27,28)22-13-17-7-9-18(10-8-17)21(26)24(5)14-20(25)23(3)4/h6-12,22H,13-14H2,1-5H3. The second kappa shape index (κ2) is 9.19. The van der Waals surface area contributed by atoms with Crippen molar-refractivity contribution in [2.24, 2.45) is 0 Å². The molecule has 0 aliphatic heterocycles. The average molecular weight is 418 g/mol. The molecule has 0 aliphatic rings. The molecular formula is C21H27N3O4S. The van der Waals surface area contributed by atoms with Gasteiger partial charge in [-0.1, -0.05) is 18.2 Å². The maximum absolute atomic E-state index is 12.5. The Kier molecular flexibility index (Phi) is 7.16. The molecule has 0 saturated carbocycles. The highest BCUT2D eigenvalue weighted by atomic mass is 32.2. The molecule has 7 nitrogen and oxygen atoms in total. The molecule has 2 aromatic rings. The summed E-state index contributed by atoms with van der Waals surface area (Å²) in [5.41, 5.74) is 3.09. The van der Waals surface area contributed by atoms with Crippen LogP contribution in [0.5, 0.6) is 0 Å². The van der Waals surface area contributed by atoms with Crippen molar-refractivity contribution in [1.29, 1.82) is 0 Å². The van der Waals surface area contributed by atoms with Crippen LogP contribution in [0, 0.1) is 13.8 Å². The largest absolute Gasteiger partial charge is 0.347 e. The Morgan fingerprint density at radius 2 is 1.55 bits per heavy atom. The van der Waals surface area contributed by atoms with Crippen molar-refractivity contribution in [2.75, 3.05) is 27.7 Å². The van der Waals surface area contributed by atoms with Gasteiger partial charge in [-0.15, -0.1) is 0 Å². The fourth-order valence-corrected chi connectivity index (χ4v) is 3.65. The van der Waals surface area contributed by atoms with Crippen molar-refractivity contribution in [1.82, 2.24) is 14.5 Å². The Balaban J connectivity index is 2.02. The monoisotopic (exact) mass is 417 g/mol. The van der Waals surface area contributed by atoms with Crippen LogP contribution in [-0.4, -0.2) is 57.7 Å². The van der Waals surface area contributed by atoms with Crippen LogP contribution in [0.4, 0.5) is 0 Å². The molecular weight excluding hydrogens is 390 g/mol. The highest BCUT2D eigenvalue weighted by Gasteiger charge is 2.17. The molecule has 2 rings (SSSR count). The van der Waals surface area contributed by atoms with E-state index >= 15 is 0 Å². The minimum atomic E-state index is -3.63. The minimum absolute atomic E-state index is 0.0106. The summed E-state index contributed by atoms with van der Waals surface area (Å²) in [7, 11) is 1.20. The lowest BCUT2D eigenvalue weighted by Gasteiger charge is -2.19. The summed E-state index contributed by atoms with van der Waals surface area (Å²) in [6, 6.07) is 11.6. The quantitative estimate of drug-likeness (QED) is 0.746. The van der Waals surface area contributed by atoms with Crippen molar-refractivity contribution in [2.45, 2.75) is 25.3 Å². The lowest BCUT2D eigenvalue weighted by atomic mass is 10.1. The molecule has 1 N–H and O–H groups in total. The highest BCUT2D eigenvalue weighted by Crippen LogP contribution is 2.15. The van der Waals surface area contributed by atoms with Gasteiger partial charge >= 0.3 is 0 Å². The van der Waals surface area contributed by atoms with Gasteiger partial charge in [0.15, 0.2) is 0 Å². The Hall–Kier alpha value is -2.71. The summed E-state index contributed by atoms with van der Waals surface area (Å²) in [6.07, 6.45) is 0. The zero-order chi connectivity index (χ0) is 21.8. The molecule has 0 heterocycles. The van der Waals surface area contributed by atoms with Crippen LogP contribution in [0.3, 0.4) is 0 Å². The number of carbonyl (C=O) groups is 2. The Morgan fingerprint density at radius 1 is 0.931 bits per heavy atom. The molecule has 0 aromatic heterocycles. The summed E-state index contributed by atoms with van der Waals surface area (Å²) >= 11 is 0. The SMILES string of the molecule is Cc1ccc(S(=O)(=O)NCc2ccc(C(=O)N(C)CC(=O)N(C)C)cc2)cc1C. The Labute approximate surface area is 172 Å². The van der Waals surface area contributed by atoms with Crippen LogP contribution in [0.15, 0.2) is 47.4 Å². The number of hydrogen-bond acceptors (Lipinski definition) is 4. The first kappa shape index (κ1) is 22.6. The van der Waals surface area contributed by atoms with Gasteiger partial charge in [-0.3, -0.25) is 9.59 Å². The number of benzene rings is 2. The van der Waals surface area contributed by atoms with E-state index in [1.54, 1.807) is 63.6 Å². The van der Waals surface area contributed by atoms with E-state index in [9.17, 15) is 18.0 Å². The second-order valence-electron chi connectivity index (χ2n) is 7.22. The molecule has 0 aliphatic carbocycles. The van der Waals surface area contributed by atoms with E-state index in [1.807, 2.05) is 13.8 Å². The van der Waals surface area contributed by atoms with Gasteiger partial charge in [-0.05, 0) is 54.8 Å². The Morgan fingerprint density at radius 3 is 2.10 bits per heavy atom.